The summed E-state index contributed by atoms with van der Waals surface area (Å²) in [5.41, 5.74) is 0.486. The van der Waals surface area contributed by atoms with Gasteiger partial charge in [-0.3, -0.25) is 4.79 Å². The van der Waals surface area contributed by atoms with Gasteiger partial charge in [0.05, 0.1) is 18.3 Å². The second-order valence-corrected chi connectivity index (χ2v) is 5.62. The molecule has 2 N–H and O–H groups in total. The van der Waals surface area contributed by atoms with E-state index >= 15 is 0 Å². The second-order valence-electron chi connectivity index (χ2n) is 5.62. The Morgan fingerprint density at radius 2 is 2.10 bits per heavy atom. The lowest BCUT2D eigenvalue weighted by atomic mass is 10.1. The van der Waals surface area contributed by atoms with Crippen LogP contribution in [-0.4, -0.2) is 55.8 Å². The average Bonchev–Trinajstić information content (AvgIpc) is 2.34. The van der Waals surface area contributed by atoms with Gasteiger partial charge in [-0.2, -0.15) is 0 Å². The molecule has 0 fully saturated rings. The molecule has 0 aliphatic rings. The van der Waals surface area contributed by atoms with Gasteiger partial charge in [0.2, 0.25) is 0 Å². The van der Waals surface area contributed by atoms with E-state index in [0.717, 1.165) is 5.56 Å². The molecule has 0 aromatic heterocycles. The summed E-state index contributed by atoms with van der Waals surface area (Å²) in [5, 5.41) is 12.9. The monoisotopic (exact) mass is 280 g/mol. The number of methoxy groups -OCH3 is 1. The maximum absolute atomic E-state index is 12.2. The summed E-state index contributed by atoms with van der Waals surface area (Å²) < 4.78 is 5.19. The minimum Gasteiger partial charge on any atom is -0.496 e. The Morgan fingerprint density at radius 1 is 1.45 bits per heavy atom. The Bertz CT molecular complexity index is 470. The fourth-order valence-corrected chi connectivity index (χ4v) is 2.10. The fourth-order valence-electron chi connectivity index (χ4n) is 2.10. The number of carbonyl (C=O) groups is 1. The Balaban J connectivity index is 2.74. The number of aliphatic hydroxyl groups is 1. The maximum atomic E-state index is 12.2. The number of nitrogens with zero attached hydrogens (tertiary/aromatic N) is 1. The zero-order valence-corrected chi connectivity index (χ0v) is 12.9. The van der Waals surface area contributed by atoms with Crippen molar-refractivity contribution in [3.8, 4) is 5.75 Å². The molecule has 5 heteroatoms. The van der Waals surface area contributed by atoms with E-state index in [1.165, 1.54) is 7.11 Å². The number of hydrogen-bond acceptors (Lipinski definition) is 4. The van der Waals surface area contributed by atoms with Gasteiger partial charge in [-0.1, -0.05) is 11.6 Å². The average molecular weight is 280 g/mol. The van der Waals surface area contributed by atoms with E-state index in [0.29, 0.717) is 17.9 Å². The molecule has 0 aliphatic carbocycles. The summed E-state index contributed by atoms with van der Waals surface area (Å²) >= 11 is 0. The maximum Gasteiger partial charge on any atom is 0.255 e. The van der Waals surface area contributed by atoms with Gasteiger partial charge in [0.1, 0.15) is 5.75 Å². The number of benzene rings is 1. The SMILES string of the molecule is COc1ccc(C)cc1C(=O)NCC(C)(O)CN(C)C. The molecule has 1 atom stereocenters. The standard InChI is InChI=1S/C15H24N2O3/c1-11-6-7-13(20-5)12(8-11)14(18)16-9-15(2,19)10-17(3)4/h6-8,19H,9-10H2,1-5H3,(H,16,18). The third kappa shape index (κ3) is 4.83. The molecular formula is C15H24N2O3. The number of nitrogens with one attached hydrogen (secondary N) is 1. The zero-order chi connectivity index (χ0) is 15.3. The largest absolute Gasteiger partial charge is 0.496 e. The summed E-state index contributed by atoms with van der Waals surface area (Å²) in [6, 6.07) is 5.43. The molecule has 1 aromatic rings. The van der Waals surface area contributed by atoms with Crippen molar-refractivity contribution in [2.75, 3.05) is 34.3 Å². The van der Waals surface area contributed by atoms with Gasteiger partial charge >= 0.3 is 0 Å². The van der Waals surface area contributed by atoms with Crippen molar-refractivity contribution < 1.29 is 14.6 Å². The molecule has 0 radical (unpaired) electrons. The van der Waals surface area contributed by atoms with Crippen LogP contribution in [0, 0.1) is 6.92 Å². The number of likely N-dealkylation sites (N-methyl/N-ethyl adjacent to an activating group) is 1. The van der Waals surface area contributed by atoms with E-state index in [9.17, 15) is 9.90 Å². The first kappa shape index (κ1) is 16.5. The number of aryl methyl sites for hydroxylation is 1. The van der Waals surface area contributed by atoms with Crippen molar-refractivity contribution in [1.82, 2.24) is 10.2 Å². The van der Waals surface area contributed by atoms with Crippen LogP contribution in [-0.2, 0) is 0 Å². The highest BCUT2D eigenvalue weighted by Crippen LogP contribution is 2.19. The molecule has 1 unspecified atom stereocenters. The molecule has 20 heavy (non-hydrogen) atoms. The van der Waals surface area contributed by atoms with E-state index in [4.69, 9.17) is 4.74 Å². The first-order valence-electron chi connectivity index (χ1n) is 6.55. The Kier molecular flexibility index (Phi) is 5.53. The highest BCUT2D eigenvalue weighted by Gasteiger charge is 2.23. The summed E-state index contributed by atoms with van der Waals surface area (Å²) in [7, 11) is 5.28. The molecule has 1 amide bonds. The van der Waals surface area contributed by atoms with Crippen molar-refractivity contribution in [3.05, 3.63) is 29.3 Å². The topological polar surface area (TPSA) is 61.8 Å². The molecular weight excluding hydrogens is 256 g/mol. The van der Waals surface area contributed by atoms with Crippen LogP contribution in [0.5, 0.6) is 5.75 Å². The van der Waals surface area contributed by atoms with E-state index in [-0.39, 0.29) is 12.5 Å². The van der Waals surface area contributed by atoms with Gasteiger partial charge in [0.15, 0.2) is 0 Å². The zero-order valence-electron chi connectivity index (χ0n) is 12.9. The first-order chi connectivity index (χ1) is 9.25. The molecule has 0 spiro atoms. The van der Waals surface area contributed by atoms with Gasteiger partial charge in [-0.15, -0.1) is 0 Å². The van der Waals surface area contributed by atoms with Gasteiger partial charge in [0, 0.05) is 13.1 Å². The molecule has 0 heterocycles. The summed E-state index contributed by atoms with van der Waals surface area (Å²) in [4.78, 5) is 14.1. The summed E-state index contributed by atoms with van der Waals surface area (Å²) in [6.07, 6.45) is 0. The number of rotatable bonds is 6. The molecule has 0 bridgehead atoms. The van der Waals surface area contributed by atoms with Gasteiger partial charge in [0.25, 0.3) is 5.91 Å². The van der Waals surface area contributed by atoms with Crippen LogP contribution in [0.25, 0.3) is 0 Å². The molecule has 0 saturated carbocycles. The number of hydrogen-bond donors (Lipinski definition) is 2. The molecule has 1 rings (SSSR count). The highest BCUT2D eigenvalue weighted by molar-refractivity contribution is 5.97. The lowest BCUT2D eigenvalue weighted by molar-refractivity contribution is 0.0325. The van der Waals surface area contributed by atoms with Gasteiger partial charge < -0.3 is 20.1 Å². The third-order valence-corrected chi connectivity index (χ3v) is 2.89. The van der Waals surface area contributed by atoms with E-state index in [1.54, 1.807) is 19.1 Å². The van der Waals surface area contributed by atoms with E-state index < -0.39 is 5.60 Å². The molecule has 1 aromatic carbocycles. The number of carbonyl (C=O) groups excluding carboxylic acids is 1. The number of amides is 1. The summed E-state index contributed by atoms with van der Waals surface area (Å²) in [5.74, 6) is 0.282. The minimum absolute atomic E-state index is 0.182. The predicted molar refractivity (Wildman–Crippen MR) is 79.2 cm³/mol. The quantitative estimate of drug-likeness (QED) is 0.817. The first-order valence-corrected chi connectivity index (χ1v) is 6.55. The summed E-state index contributed by atoms with van der Waals surface area (Å²) in [6.45, 7) is 4.26. The molecule has 112 valence electrons. The van der Waals surface area contributed by atoms with Crippen LogP contribution in [0.4, 0.5) is 0 Å². The van der Waals surface area contributed by atoms with Gasteiger partial charge in [-0.25, -0.2) is 0 Å². The van der Waals surface area contributed by atoms with Gasteiger partial charge in [-0.05, 0) is 40.1 Å². The minimum atomic E-state index is -0.976. The van der Waals surface area contributed by atoms with Crippen molar-refractivity contribution in [2.24, 2.45) is 0 Å². The third-order valence-electron chi connectivity index (χ3n) is 2.89. The van der Waals surface area contributed by atoms with E-state index in [1.807, 2.05) is 32.0 Å². The van der Waals surface area contributed by atoms with Crippen LogP contribution < -0.4 is 10.1 Å². The second kappa shape index (κ2) is 6.72. The lowest BCUT2D eigenvalue weighted by Gasteiger charge is -2.27. The van der Waals surface area contributed by atoms with Crippen molar-refractivity contribution in [1.29, 1.82) is 0 Å². The van der Waals surface area contributed by atoms with Crippen LogP contribution in [0.3, 0.4) is 0 Å². The predicted octanol–water partition coefficient (Wildman–Crippen LogP) is 1.05. The molecule has 5 nitrogen and oxygen atoms in total. The Labute approximate surface area is 120 Å². The smallest absolute Gasteiger partial charge is 0.255 e. The van der Waals surface area contributed by atoms with Crippen molar-refractivity contribution in [3.63, 3.8) is 0 Å². The van der Waals surface area contributed by atoms with Crippen molar-refractivity contribution in [2.45, 2.75) is 19.4 Å². The Morgan fingerprint density at radius 3 is 2.65 bits per heavy atom. The van der Waals surface area contributed by atoms with Crippen LogP contribution in [0.1, 0.15) is 22.8 Å². The van der Waals surface area contributed by atoms with Crippen LogP contribution in [0.15, 0.2) is 18.2 Å². The van der Waals surface area contributed by atoms with Crippen LogP contribution in [0.2, 0.25) is 0 Å². The molecule has 0 aliphatic heterocycles. The van der Waals surface area contributed by atoms with Crippen LogP contribution >= 0.6 is 0 Å². The van der Waals surface area contributed by atoms with Crippen molar-refractivity contribution >= 4 is 5.91 Å². The lowest BCUT2D eigenvalue weighted by Crippen LogP contribution is -2.47. The highest BCUT2D eigenvalue weighted by atomic mass is 16.5. The molecule has 0 saturated heterocycles. The normalized spacial score (nSPS) is 13.9. The fraction of sp³-hybridized carbons (Fsp3) is 0.533. The van der Waals surface area contributed by atoms with E-state index in [2.05, 4.69) is 5.32 Å². The number of ether oxygens (including phenoxy) is 1. The Hall–Kier alpha value is -1.59.